The zero-order valence-electron chi connectivity index (χ0n) is 8.15. The molecule has 1 aromatic heterocycles. The van der Waals surface area contributed by atoms with Crippen LogP contribution in [0, 0.1) is 0 Å². The van der Waals surface area contributed by atoms with Crippen LogP contribution in [-0.2, 0) is 4.74 Å². The van der Waals surface area contributed by atoms with Crippen LogP contribution >= 0.6 is 23.2 Å². The predicted molar refractivity (Wildman–Crippen MR) is 57.5 cm³/mol. The van der Waals surface area contributed by atoms with E-state index in [9.17, 15) is 0 Å². The van der Waals surface area contributed by atoms with Crippen molar-refractivity contribution in [3.05, 3.63) is 10.4 Å². The third-order valence-corrected chi connectivity index (χ3v) is 2.65. The highest BCUT2D eigenvalue weighted by Gasteiger charge is 2.23. The predicted octanol–water partition coefficient (Wildman–Crippen LogP) is 1.40. The highest BCUT2D eigenvalue weighted by molar-refractivity contribution is 6.32. The van der Waals surface area contributed by atoms with Crippen LogP contribution in [0.1, 0.15) is 6.92 Å². The molecule has 82 valence electrons. The lowest BCUT2D eigenvalue weighted by atomic mass is 10.2. The molecule has 0 bridgehead atoms. The van der Waals surface area contributed by atoms with Gasteiger partial charge in [0.15, 0.2) is 11.0 Å². The molecule has 0 aliphatic carbocycles. The fourth-order valence-corrected chi connectivity index (χ4v) is 1.82. The van der Waals surface area contributed by atoms with E-state index in [0.717, 1.165) is 6.54 Å². The molecule has 1 unspecified atom stereocenters. The number of hydrogen-bond donors (Lipinski definition) is 0. The van der Waals surface area contributed by atoms with Crippen molar-refractivity contribution in [2.24, 2.45) is 0 Å². The molecule has 2 heterocycles. The standard InChI is InChI=1S/C8H10Cl2N4O/c1-5-4-15-3-2-14(5)7-6(9)12-13-8(10)11-7/h5H,2-4H2,1H3. The highest BCUT2D eigenvalue weighted by Crippen LogP contribution is 2.24. The second kappa shape index (κ2) is 4.47. The van der Waals surface area contributed by atoms with Crippen molar-refractivity contribution in [1.29, 1.82) is 0 Å². The molecule has 0 aromatic carbocycles. The van der Waals surface area contributed by atoms with Gasteiger partial charge in [0.05, 0.1) is 19.3 Å². The Morgan fingerprint density at radius 1 is 1.40 bits per heavy atom. The molecule has 7 heteroatoms. The molecule has 1 aromatic rings. The first kappa shape index (κ1) is 10.9. The smallest absolute Gasteiger partial charge is 0.245 e. The number of aromatic nitrogens is 3. The lowest BCUT2D eigenvalue weighted by Gasteiger charge is -2.34. The highest BCUT2D eigenvalue weighted by atomic mass is 35.5. The molecule has 0 saturated carbocycles. The van der Waals surface area contributed by atoms with Gasteiger partial charge in [-0.05, 0) is 18.5 Å². The Balaban J connectivity index is 2.30. The van der Waals surface area contributed by atoms with E-state index in [1.165, 1.54) is 0 Å². The van der Waals surface area contributed by atoms with Crippen LogP contribution in [0.5, 0.6) is 0 Å². The maximum atomic E-state index is 5.92. The minimum atomic E-state index is 0.105. The van der Waals surface area contributed by atoms with Crippen LogP contribution < -0.4 is 4.90 Å². The van der Waals surface area contributed by atoms with Crippen LogP contribution in [0.4, 0.5) is 5.82 Å². The summed E-state index contributed by atoms with van der Waals surface area (Å²) in [6.45, 7) is 4.07. The fourth-order valence-electron chi connectivity index (χ4n) is 1.51. The minimum Gasteiger partial charge on any atom is -0.377 e. The first-order valence-corrected chi connectivity index (χ1v) is 5.34. The van der Waals surface area contributed by atoms with Gasteiger partial charge in [-0.25, -0.2) is 0 Å². The molecule has 1 atom stereocenters. The summed E-state index contributed by atoms with van der Waals surface area (Å²) in [5.41, 5.74) is 0. The van der Waals surface area contributed by atoms with E-state index < -0.39 is 0 Å². The van der Waals surface area contributed by atoms with Gasteiger partial charge in [0, 0.05) is 6.54 Å². The van der Waals surface area contributed by atoms with Crippen LogP contribution in [0.25, 0.3) is 0 Å². The van der Waals surface area contributed by atoms with Crippen LogP contribution in [-0.4, -0.2) is 41.0 Å². The molecule has 1 saturated heterocycles. The number of ether oxygens (including phenoxy) is 1. The molecule has 0 N–H and O–H groups in total. The molecular formula is C8H10Cl2N4O. The number of rotatable bonds is 1. The summed E-state index contributed by atoms with van der Waals surface area (Å²) in [6, 6.07) is 0.212. The molecule has 5 nitrogen and oxygen atoms in total. The average molecular weight is 249 g/mol. The Morgan fingerprint density at radius 3 is 2.93 bits per heavy atom. The number of hydrogen-bond acceptors (Lipinski definition) is 5. The monoisotopic (exact) mass is 248 g/mol. The Kier molecular flexibility index (Phi) is 3.23. The van der Waals surface area contributed by atoms with Gasteiger partial charge in [-0.15, -0.1) is 10.2 Å². The van der Waals surface area contributed by atoms with Gasteiger partial charge < -0.3 is 9.64 Å². The third-order valence-electron chi connectivity index (χ3n) is 2.24. The molecule has 1 fully saturated rings. The summed E-state index contributed by atoms with van der Waals surface area (Å²) < 4.78 is 5.32. The van der Waals surface area contributed by atoms with Crippen molar-refractivity contribution in [2.45, 2.75) is 13.0 Å². The molecule has 1 aliphatic rings. The number of anilines is 1. The van der Waals surface area contributed by atoms with Gasteiger partial charge in [-0.3, -0.25) is 0 Å². The van der Waals surface area contributed by atoms with Crippen LogP contribution in [0.3, 0.4) is 0 Å². The maximum Gasteiger partial charge on any atom is 0.245 e. The van der Waals surface area contributed by atoms with E-state index in [1.807, 2.05) is 11.8 Å². The largest absolute Gasteiger partial charge is 0.377 e. The number of morpholine rings is 1. The third kappa shape index (κ3) is 2.30. The van der Waals surface area contributed by atoms with E-state index in [0.29, 0.717) is 19.0 Å². The molecular weight excluding hydrogens is 239 g/mol. The molecule has 0 radical (unpaired) electrons. The molecule has 0 amide bonds. The quantitative estimate of drug-likeness (QED) is 0.753. The topological polar surface area (TPSA) is 51.1 Å². The first-order chi connectivity index (χ1) is 7.18. The summed E-state index contributed by atoms with van der Waals surface area (Å²) in [5.74, 6) is 0.576. The lowest BCUT2D eigenvalue weighted by molar-refractivity contribution is 0.0985. The molecule has 2 rings (SSSR count). The van der Waals surface area contributed by atoms with Gasteiger partial charge >= 0.3 is 0 Å². The van der Waals surface area contributed by atoms with E-state index in [1.54, 1.807) is 0 Å². The van der Waals surface area contributed by atoms with Gasteiger partial charge in [-0.2, -0.15) is 4.98 Å². The van der Waals surface area contributed by atoms with Gasteiger partial charge in [0.2, 0.25) is 5.28 Å². The van der Waals surface area contributed by atoms with Gasteiger partial charge in [0.1, 0.15) is 0 Å². The molecule has 0 spiro atoms. The van der Waals surface area contributed by atoms with E-state index in [2.05, 4.69) is 15.2 Å². The van der Waals surface area contributed by atoms with Crippen molar-refractivity contribution in [3.63, 3.8) is 0 Å². The summed E-state index contributed by atoms with van der Waals surface area (Å²) in [5, 5.41) is 7.68. The number of nitrogens with zero attached hydrogens (tertiary/aromatic N) is 4. The average Bonchev–Trinajstić information content (AvgIpc) is 2.23. The van der Waals surface area contributed by atoms with E-state index >= 15 is 0 Å². The van der Waals surface area contributed by atoms with Crippen molar-refractivity contribution >= 4 is 29.0 Å². The fraction of sp³-hybridized carbons (Fsp3) is 0.625. The molecule has 1 aliphatic heterocycles. The Bertz CT molecular complexity index is 362. The second-order valence-electron chi connectivity index (χ2n) is 3.31. The SMILES string of the molecule is CC1COCCN1c1nc(Cl)nnc1Cl. The van der Waals surface area contributed by atoms with E-state index in [-0.39, 0.29) is 16.5 Å². The maximum absolute atomic E-state index is 5.92. The van der Waals surface area contributed by atoms with Crippen molar-refractivity contribution in [1.82, 2.24) is 15.2 Å². The summed E-state index contributed by atoms with van der Waals surface area (Å²) >= 11 is 11.6. The van der Waals surface area contributed by atoms with Crippen molar-refractivity contribution in [2.75, 3.05) is 24.7 Å². The second-order valence-corrected chi connectivity index (χ2v) is 4.01. The van der Waals surface area contributed by atoms with Crippen LogP contribution in [0.15, 0.2) is 0 Å². The van der Waals surface area contributed by atoms with Gasteiger partial charge in [-0.1, -0.05) is 11.6 Å². The van der Waals surface area contributed by atoms with Crippen LogP contribution in [0.2, 0.25) is 10.4 Å². The Labute approximate surface area is 97.4 Å². The van der Waals surface area contributed by atoms with Crippen molar-refractivity contribution < 1.29 is 4.74 Å². The number of halogens is 2. The van der Waals surface area contributed by atoms with Crippen molar-refractivity contribution in [3.8, 4) is 0 Å². The first-order valence-electron chi connectivity index (χ1n) is 4.58. The lowest BCUT2D eigenvalue weighted by Crippen LogP contribution is -2.44. The summed E-state index contributed by atoms with van der Waals surface area (Å²) in [7, 11) is 0. The zero-order valence-corrected chi connectivity index (χ0v) is 9.66. The Hall–Kier alpha value is -0.650. The van der Waals surface area contributed by atoms with Gasteiger partial charge in [0.25, 0.3) is 0 Å². The Morgan fingerprint density at radius 2 is 2.20 bits per heavy atom. The normalized spacial score (nSPS) is 21.8. The minimum absolute atomic E-state index is 0.105. The summed E-state index contributed by atoms with van der Waals surface area (Å²) in [6.07, 6.45) is 0. The van der Waals surface area contributed by atoms with E-state index in [4.69, 9.17) is 27.9 Å². The summed E-state index contributed by atoms with van der Waals surface area (Å²) in [4.78, 5) is 6.10. The zero-order chi connectivity index (χ0) is 10.8. The molecule has 15 heavy (non-hydrogen) atoms.